The maximum atomic E-state index is 12.4. The van der Waals surface area contributed by atoms with E-state index in [0.717, 1.165) is 58.1 Å². The lowest BCUT2D eigenvalue weighted by Gasteiger charge is -2.28. The molecule has 2 aliphatic heterocycles. The average molecular weight is 239 g/mol. The van der Waals surface area contributed by atoms with Gasteiger partial charge in [0.15, 0.2) is 5.78 Å². The molecule has 0 aromatic rings. The zero-order chi connectivity index (χ0) is 12.1. The standard InChI is InChI=1S/C14H25NO2/c1-2-8-14(9-4-10-15-14)13(16)7-6-12-5-3-11-17-12/h12,15H,2-11H2,1H3. The van der Waals surface area contributed by atoms with Gasteiger partial charge in [-0.25, -0.2) is 0 Å². The molecule has 0 aromatic heterocycles. The normalized spacial score (nSPS) is 33.1. The van der Waals surface area contributed by atoms with E-state index in [1.165, 1.54) is 0 Å². The molecular formula is C14H25NO2. The number of ether oxygens (including phenoxy) is 1. The minimum Gasteiger partial charge on any atom is -0.378 e. The number of ketones is 1. The lowest BCUT2D eigenvalue weighted by Crippen LogP contribution is -2.47. The lowest BCUT2D eigenvalue weighted by molar-refractivity contribution is -0.125. The first-order valence-electron chi connectivity index (χ1n) is 7.17. The summed E-state index contributed by atoms with van der Waals surface area (Å²) >= 11 is 0. The minimum atomic E-state index is -0.187. The Balaban J connectivity index is 1.83. The molecule has 2 aliphatic rings. The van der Waals surface area contributed by atoms with Gasteiger partial charge in [-0.2, -0.15) is 0 Å². The third-order valence-corrected chi connectivity index (χ3v) is 4.17. The first-order valence-corrected chi connectivity index (χ1v) is 7.17. The Bertz CT molecular complexity index is 253. The molecule has 0 aromatic carbocycles. The third-order valence-electron chi connectivity index (χ3n) is 4.17. The Morgan fingerprint density at radius 3 is 2.94 bits per heavy atom. The Kier molecular flexibility index (Phi) is 4.57. The highest BCUT2D eigenvalue weighted by Gasteiger charge is 2.39. The van der Waals surface area contributed by atoms with Crippen LogP contribution < -0.4 is 5.32 Å². The van der Waals surface area contributed by atoms with Crippen molar-refractivity contribution in [2.45, 2.75) is 69.9 Å². The van der Waals surface area contributed by atoms with E-state index in [-0.39, 0.29) is 5.54 Å². The largest absolute Gasteiger partial charge is 0.378 e. The van der Waals surface area contributed by atoms with E-state index in [1.54, 1.807) is 0 Å². The molecule has 0 radical (unpaired) electrons. The van der Waals surface area contributed by atoms with Crippen LogP contribution in [0.25, 0.3) is 0 Å². The first kappa shape index (κ1) is 13.0. The van der Waals surface area contributed by atoms with Gasteiger partial charge in [-0.1, -0.05) is 13.3 Å². The van der Waals surface area contributed by atoms with Gasteiger partial charge in [-0.3, -0.25) is 4.79 Å². The van der Waals surface area contributed by atoms with Crippen molar-refractivity contribution in [1.29, 1.82) is 0 Å². The molecule has 17 heavy (non-hydrogen) atoms. The number of rotatable bonds is 6. The highest BCUT2D eigenvalue weighted by molar-refractivity contribution is 5.88. The van der Waals surface area contributed by atoms with Crippen LogP contribution in [0.15, 0.2) is 0 Å². The van der Waals surface area contributed by atoms with Crippen molar-refractivity contribution in [2.24, 2.45) is 0 Å². The van der Waals surface area contributed by atoms with Crippen molar-refractivity contribution in [2.75, 3.05) is 13.2 Å². The van der Waals surface area contributed by atoms with E-state index >= 15 is 0 Å². The Hall–Kier alpha value is -0.410. The van der Waals surface area contributed by atoms with E-state index < -0.39 is 0 Å². The van der Waals surface area contributed by atoms with Crippen molar-refractivity contribution in [1.82, 2.24) is 5.32 Å². The molecule has 2 unspecified atom stereocenters. The van der Waals surface area contributed by atoms with Crippen LogP contribution in [0.4, 0.5) is 0 Å². The van der Waals surface area contributed by atoms with Gasteiger partial charge < -0.3 is 10.1 Å². The predicted molar refractivity (Wildman–Crippen MR) is 68.1 cm³/mol. The summed E-state index contributed by atoms with van der Waals surface area (Å²) in [6, 6.07) is 0. The number of hydrogen-bond donors (Lipinski definition) is 1. The summed E-state index contributed by atoms with van der Waals surface area (Å²) < 4.78 is 5.59. The molecule has 2 fully saturated rings. The Morgan fingerprint density at radius 2 is 2.35 bits per heavy atom. The molecule has 2 atom stereocenters. The predicted octanol–water partition coefficient (Wildman–Crippen LogP) is 2.44. The highest BCUT2D eigenvalue weighted by atomic mass is 16.5. The molecule has 2 saturated heterocycles. The van der Waals surface area contributed by atoms with Gasteiger partial charge in [0.05, 0.1) is 11.6 Å². The van der Waals surface area contributed by atoms with Crippen LogP contribution in [0, 0.1) is 0 Å². The van der Waals surface area contributed by atoms with E-state index in [0.29, 0.717) is 18.3 Å². The number of Topliss-reactive ketones (excluding diaryl/α,β-unsaturated/α-hetero) is 1. The molecule has 1 N–H and O–H groups in total. The fourth-order valence-electron chi connectivity index (χ4n) is 3.23. The van der Waals surface area contributed by atoms with Crippen LogP contribution in [-0.4, -0.2) is 30.6 Å². The minimum absolute atomic E-state index is 0.187. The van der Waals surface area contributed by atoms with E-state index in [2.05, 4.69) is 12.2 Å². The molecule has 0 aliphatic carbocycles. The second-order valence-corrected chi connectivity index (χ2v) is 5.46. The van der Waals surface area contributed by atoms with Crippen molar-refractivity contribution in [3.63, 3.8) is 0 Å². The summed E-state index contributed by atoms with van der Waals surface area (Å²) in [5.74, 6) is 0.423. The average Bonchev–Trinajstić information content (AvgIpc) is 2.97. The summed E-state index contributed by atoms with van der Waals surface area (Å²) in [5.41, 5.74) is -0.187. The van der Waals surface area contributed by atoms with Crippen LogP contribution in [0.2, 0.25) is 0 Å². The van der Waals surface area contributed by atoms with E-state index in [1.807, 2.05) is 0 Å². The first-order chi connectivity index (χ1) is 8.27. The molecule has 3 nitrogen and oxygen atoms in total. The van der Waals surface area contributed by atoms with Crippen molar-refractivity contribution in [3.8, 4) is 0 Å². The van der Waals surface area contributed by atoms with Gasteiger partial charge in [0, 0.05) is 13.0 Å². The number of nitrogens with one attached hydrogen (secondary N) is 1. The molecule has 0 spiro atoms. The number of hydrogen-bond acceptors (Lipinski definition) is 3. The van der Waals surface area contributed by atoms with Crippen LogP contribution in [0.5, 0.6) is 0 Å². The summed E-state index contributed by atoms with van der Waals surface area (Å²) in [4.78, 5) is 12.4. The van der Waals surface area contributed by atoms with Crippen molar-refractivity contribution in [3.05, 3.63) is 0 Å². The molecular weight excluding hydrogens is 214 g/mol. The van der Waals surface area contributed by atoms with Gasteiger partial charge in [0.25, 0.3) is 0 Å². The monoisotopic (exact) mass is 239 g/mol. The van der Waals surface area contributed by atoms with Gasteiger partial charge in [0.2, 0.25) is 0 Å². The number of carbonyl (C=O) groups excluding carboxylic acids is 1. The number of carbonyl (C=O) groups is 1. The summed E-state index contributed by atoms with van der Waals surface area (Å²) in [6.45, 7) is 4.05. The van der Waals surface area contributed by atoms with Crippen LogP contribution >= 0.6 is 0 Å². The van der Waals surface area contributed by atoms with E-state index in [9.17, 15) is 4.79 Å². The SMILES string of the molecule is CCCC1(C(=O)CCC2CCCO2)CCCN1. The van der Waals surface area contributed by atoms with Gasteiger partial charge >= 0.3 is 0 Å². The Labute approximate surface area is 104 Å². The van der Waals surface area contributed by atoms with Gasteiger partial charge in [0.1, 0.15) is 0 Å². The maximum Gasteiger partial charge on any atom is 0.152 e. The van der Waals surface area contributed by atoms with Crippen molar-refractivity contribution >= 4 is 5.78 Å². The summed E-state index contributed by atoms with van der Waals surface area (Å²) in [6.07, 6.45) is 8.52. The maximum absolute atomic E-state index is 12.4. The second-order valence-electron chi connectivity index (χ2n) is 5.46. The molecule has 0 saturated carbocycles. The van der Waals surface area contributed by atoms with Crippen molar-refractivity contribution < 1.29 is 9.53 Å². The summed E-state index contributed by atoms with van der Waals surface area (Å²) in [7, 11) is 0. The van der Waals surface area contributed by atoms with Gasteiger partial charge in [-0.05, 0) is 45.1 Å². The molecule has 98 valence electrons. The molecule has 2 rings (SSSR count). The third kappa shape index (κ3) is 3.08. The quantitative estimate of drug-likeness (QED) is 0.773. The second kappa shape index (κ2) is 5.96. The molecule has 0 bridgehead atoms. The topological polar surface area (TPSA) is 38.3 Å². The highest BCUT2D eigenvalue weighted by Crippen LogP contribution is 2.28. The zero-order valence-corrected chi connectivity index (χ0v) is 11.0. The van der Waals surface area contributed by atoms with Crippen LogP contribution in [0.1, 0.15) is 58.3 Å². The molecule has 0 amide bonds. The summed E-state index contributed by atoms with van der Waals surface area (Å²) in [5, 5.41) is 3.46. The van der Waals surface area contributed by atoms with E-state index in [4.69, 9.17) is 4.74 Å². The van der Waals surface area contributed by atoms with Gasteiger partial charge in [-0.15, -0.1) is 0 Å². The molecule has 3 heteroatoms. The smallest absolute Gasteiger partial charge is 0.152 e. The van der Waals surface area contributed by atoms with Crippen LogP contribution in [-0.2, 0) is 9.53 Å². The lowest BCUT2D eigenvalue weighted by atomic mass is 9.84. The molecule has 2 heterocycles. The fourth-order valence-corrected chi connectivity index (χ4v) is 3.23. The zero-order valence-electron chi connectivity index (χ0n) is 11.0. The fraction of sp³-hybridized carbons (Fsp3) is 0.929. The van der Waals surface area contributed by atoms with Crippen LogP contribution in [0.3, 0.4) is 0 Å². The Morgan fingerprint density at radius 1 is 1.47 bits per heavy atom.